The van der Waals surface area contributed by atoms with Crippen molar-refractivity contribution in [2.75, 3.05) is 0 Å². The number of amidine groups is 2. The van der Waals surface area contributed by atoms with E-state index in [2.05, 4.69) is 157 Å². The molecule has 1 atom stereocenters. The molecule has 0 bridgehead atoms. The molecule has 55 heavy (non-hydrogen) atoms. The average molecular weight is 740 g/mol. The zero-order chi connectivity index (χ0) is 36.0. The maximum atomic E-state index is 6.55. The highest BCUT2D eigenvalue weighted by Crippen LogP contribution is 2.42. The zero-order valence-electron chi connectivity index (χ0n) is 29.3. The van der Waals surface area contributed by atoms with Crippen molar-refractivity contribution in [1.82, 2.24) is 5.32 Å². The molecule has 0 saturated heterocycles. The Morgan fingerprint density at radius 3 is 2.13 bits per heavy atom. The molecule has 1 N–H and O–H groups in total. The van der Waals surface area contributed by atoms with Crippen LogP contribution in [0.1, 0.15) is 22.9 Å². The number of hydrogen-bond donors (Lipinski definition) is 1. The third kappa shape index (κ3) is 4.89. The van der Waals surface area contributed by atoms with E-state index in [1.807, 2.05) is 34.8 Å². The SMILES string of the molecule is c1ccc2cc(C3=NC(c4cccc5oc6ccc(-c7cccc8sc9ccccc9c78)cc6c45)=NC(c4ccc5sc6ccccc6c5c4)N3)ccc2c1. The van der Waals surface area contributed by atoms with E-state index in [1.165, 1.54) is 56.7 Å². The summed E-state index contributed by atoms with van der Waals surface area (Å²) in [6.07, 6.45) is -0.356. The fourth-order valence-corrected chi connectivity index (χ4v) is 10.6. The van der Waals surface area contributed by atoms with Gasteiger partial charge in [0.2, 0.25) is 0 Å². The van der Waals surface area contributed by atoms with E-state index in [9.17, 15) is 0 Å². The van der Waals surface area contributed by atoms with Crippen molar-refractivity contribution in [3.05, 3.63) is 180 Å². The van der Waals surface area contributed by atoms with Crippen LogP contribution >= 0.6 is 22.7 Å². The van der Waals surface area contributed by atoms with E-state index in [-0.39, 0.29) is 6.17 Å². The molecule has 6 heteroatoms. The van der Waals surface area contributed by atoms with Crippen LogP contribution in [0.2, 0.25) is 0 Å². The molecule has 258 valence electrons. The lowest BCUT2D eigenvalue weighted by Gasteiger charge is -2.24. The normalized spacial score (nSPS) is 14.7. The van der Waals surface area contributed by atoms with Gasteiger partial charge in [-0.2, -0.15) is 0 Å². The summed E-state index contributed by atoms with van der Waals surface area (Å²) in [6, 6.07) is 58.5. The Balaban J connectivity index is 1.06. The summed E-state index contributed by atoms with van der Waals surface area (Å²) in [4.78, 5) is 10.7. The minimum Gasteiger partial charge on any atom is -0.456 e. The summed E-state index contributed by atoms with van der Waals surface area (Å²) in [7, 11) is 0. The van der Waals surface area contributed by atoms with E-state index < -0.39 is 0 Å². The Morgan fingerprint density at radius 2 is 1.20 bits per heavy atom. The molecular formula is C49H29N3OS2. The number of rotatable bonds is 4. The minimum absolute atomic E-state index is 0.356. The zero-order valence-corrected chi connectivity index (χ0v) is 30.9. The van der Waals surface area contributed by atoms with E-state index in [0.717, 1.165) is 50.0 Å². The van der Waals surface area contributed by atoms with Crippen LogP contribution in [-0.2, 0) is 0 Å². The van der Waals surface area contributed by atoms with Crippen molar-refractivity contribution in [2.24, 2.45) is 9.98 Å². The van der Waals surface area contributed by atoms with E-state index >= 15 is 0 Å². The number of furan rings is 1. The molecule has 0 fully saturated rings. The molecule has 0 aliphatic carbocycles. The maximum absolute atomic E-state index is 6.55. The van der Waals surface area contributed by atoms with Crippen LogP contribution in [0, 0.1) is 0 Å². The Labute approximate surface area is 323 Å². The van der Waals surface area contributed by atoms with Crippen molar-refractivity contribution in [1.29, 1.82) is 0 Å². The van der Waals surface area contributed by atoms with Crippen LogP contribution in [0.25, 0.3) is 84.2 Å². The third-order valence-electron chi connectivity index (χ3n) is 10.9. The monoisotopic (exact) mass is 739 g/mol. The molecule has 4 heterocycles. The minimum atomic E-state index is -0.356. The summed E-state index contributed by atoms with van der Waals surface area (Å²) in [5.41, 5.74) is 7.07. The lowest BCUT2D eigenvalue weighted by molar-refractivity contribution is 0.668. The van der Waals surface area contributed by atoms with Crippen molar-refractivity contribution >= 4 is 107 Å². The molecule has 11 aromatic rings. The maximum Gasteiger partial charge on any atom is 0.160 e. The first-order valence-electron chi connectivity index (χ1n) is 18.4. The van der Waals surface area contributed by atoms with Gasteiger partial charge >= 0.3 is 0 Å². The lowest BCUT2D eigenvalue weighted by atomic mass is 9.97. The van der Waals surface area contributed by atoms with Gasteiger partial charge < -0.3 is 9.73 Å². The van der Waals surface area contributed by atoms with Crippen LogP contribution in [0.4, 0.5) is 0 Å². The molecule has 0 radical (unpaired) electrons. The van der Waals surface area contributed by atoms with Gasteiger partial charge in [0.25, 0.3) is 0 Å². The fraction of sp³-hybridized carbons (Fsp3) is 0.0204. The fourth-order valence-electron chi connectivity index (χ4n) is 8.33. The van der Waals surface area contributed by atoms with Crippen molar-refractivity contribution in [2.45, 2.75) is 6.17 Å². The van der Waals surface area contributed by atoms with E-state index in [0.29, 0.717) is 5.84 Å². The molecule has 12 rings (SSSR count). The summed E-state index contributed by atoms with van der Waals surface area (Å²) in [6.45, 7) is 0. The number of aliphatic imine (C=N–C) groups is 2. The number of nitrogens with zero attached hydrogens (tertiary/aromatic N) is 2. The molecule has 3 aromatic heterocycles. The molecule has 1 unspecified atom stereocenters. The van der Waals surface area contributed by atoms with Gasteiger partial charge in [-0.15, -0.1) is 22.7 Å². The van der Waals surface area contributed by atoms with Gasteiger partial charge in [-0.25, -0.2) is 9.98 Å². The second-order valence-electron chi connectivity index (χ2n) is 14.1. The van der Waals surface area contributed by atoms with Gasteiger partial charge in [0.05, 0.1) is 0 Å². The summed E-state index contributed by atoms with van der Waals surface area (Å²) in [5.74, 6) is 1.46. The largest absolute Gasteiger partial charge is 0.456 e. The molecule has 0 saturated carbocycles. The molecule has 4 nitrogen and oxygen atoms in total. The highest BCUT2D eigenvalue weighted by molar-refractivity contribution is 7.26. The highest BCUT2D eigenvalue weighted by Gasteiger charge is 2.25. The van der Waals surface area contributed by atoms with Crippen molar-refractivity contribution in [3.63, 3.8) is 0 Å². The second kappa shape index (κ2) is 12.0. The van der Waals surface area contributed by atoms with Gasteiger partial charge in [0.1, 0.15) is 23.2 Å². The van der Waals surface area contributed by atoms with Crippen LogP contribution < -0.4 is 5.32 Å². The lowest BCUT2D eigenvalue weighted by Crippen LogP contribution is -2.33. The van der Waals surface area contributed by atoms with Gasteiger partial charge in [-0.3, -0.25) is 0 Å². The standard InChI is InChI=1S/C49H29N3OS2/c1-2-10-29-25-31(20-19-28(29)9-1)47-50-48(32-22-24-43-37(27-32)34-11-3-5-16-41(34)54-43)52-49(51-47)36-14-7-15-40-45(36)38-26-30(21-23-39(38)53-40)33-13-8-18-44-46(33)35-12-4-6-17-42(35)55-44/h1-27,48H,(H,50,51,52). The number of nitrogens with one attached hydrogen (secondary N) is 1. The van der Waals surface area contributed by atoms with Crippen molar-refractivity contribution in [3.8, 4) is 11.1 Å². The predicted molar refractivity (Wildman–Crippen MR) is 234 cm³/mol. The molecule has 8 aromatic carbocycles. The van der Waals surface area contributed by atoms with E-state index in [1.54, 1.807) is 0 Å². The second-order valence-corrected chi connectivity index (χ2v) is 16.3. The Kier molecular flexibility index (Phi) is 6.70. The first-order chi connectivity index (χ1) is 27.2. The molecule has 0 amide bonds. The number of fused-ring (bicyclic) bond motifs is 10. The molecule has 1 aliphatic rings. The Hall–Kier alpha value is -6.60. The average Bonchev–Trinajstić information content (AvgIpc) is 3.94. The molecular weight excluding hydrogens is 711 g/mol. The molecule has 0 spiro atoms. The summed E-state index contributed by atoms with van der Waals surface area (Å²) >= 11 is 3.67. The first kappa shape index (κ1) is 30.8. The van der Waals surface area contributed by atoms with Crippen LogP contribution in [-0.4, -0.2) is 11.7 Å². The topological polar surface area (TPSA) is 49.9 Å². The number of thiophene rings is 2. The van der Waals surface area contributed by atoms with Gasteiger partial charge in [0, 0.05) is 62.2 Å². The van der Waals surface area contributed by atoms with Crippen molar-refractivity contribution < 1.29 is 4.42 Å². The quantitative estimate of drug-likeness (QED) is 0.195. The van der Waals surface area contributed by atoms with Gasteiger partial charge in [-0.05, 0) is 82.1 Å². The third-order valence-corrected chi connectivity index (χ3v) is 13.2. The van der Waals surface area contributed by atoms with Crippen LogP contribution in [0.3, 0.4) is 0 Å². The highest BCUT2D eigenvalue weighted by atomic mass is 32.1. The van der Waals surface area contributed by atoms with Gasteiger partial charge in [0.15, 0.2) is 5.84 Å². The Bertz CT molecular complexity index is 3440. The van der Waals surface area contributed by atoms with Crippen LogP contribution in [0.15, 0.2) is 178 Å². The number of hydrogen-bond acceptors (Lipinski definition) is 6. The summed E-state index contributed by atoms with van der Waals surface area (Å²) in [5, 5.41) is 13.3. The van der Waals surface area contributed by atoms with Gasteiger partial charge in [-0.1, -0.05) is 109 Å². The number of benzene rings is 8. The smallest absolute Gasteiger partial charge is 0.160 e. The van der Waals surface area contributed by atoms with Crippen LogP contribution in [0.5, 0.6) is 0 Å². The predicted octanol–water partition coefficient (Wildman–Crippen LogP) is 13.6. The Morgan fingerprint density at radius 1 is 0.473 bits per heavy atom. The van der Waals surface area contributed by atoms with E-state index in [4.69, 9.17) is 14.4 Å². The molecule has 1 aliphatic heterocycles. The summed E-state index contributed by atoms with van der Waals surface area (Å²) < 4.78 is 11.7. The first-order valence-corrected chi connectivity index (χ1v) is 20.0.